The summed E-state index contributed by atoms with van der Waals surface area (Å²) in [4.78, 5) is 0. The molecule has 1 rings (SSSR count). The molecule has 9 heteroatoms. The zero-order chi connectivity index (χ0) is 14.6. The van der Waals surface area contributed by atoms with Gasteiger partial charge in [-0.2, -0.15) is 8.42 Å². The summed E-state index contributed by atoms with van der Waals surface area (Å²) in [5.41, 5.74) is 0. The Labute approximate surface area is 112 Å². The Hall–Kier alpha value is -0.290. The average Bonchev–Trinajstić information content (AvgIpc) is 2.35. The topological polar surface area (TPSA) is 101 Å². The normalized spacial score (nSPS) is 36.4. The molecular weight excluding hydrogens is 280 g/mol. The van der Waals surface area contributed by atoms with E-state index >= 15 is 0 Å². The number of hydrogen-bond donors (Lipinski definition) is 1. The van der Waals surface area contributed by atoms with Crippen molar-refractivity contribution in [2.24, 2.45) is 5.92 Å². The van der Waals surface area contributed by atoms with Crippen LogP contribution < -0.4 is 0 Å². The third-order valence-corrected chi connectivity index (χ3v) is 3.60. The second-order valence-electron chi connectivity index (χ2n) is 4.25. The molecule has 1 fully saturated rings. The van der Waals surface area contributed by atoms with Crippen molar-refractivity contribution in [2.45, 2.75) is 31.5 Å². The first-order chi connectivity index (χ1) is 8.84. The largest absolute Gasteiger partial charge is 0.397 e. The molecule has 19 heavy (non-hydrogen) atoms. The number of rotatable bonds is 6. The van der Waals surface area contributed by atoms with Gasteiger partial charge < -0.3 is 18.9 Å². The van der Waals surface area contributed by atoms with Gasteiger partial charge in [-0.15, -0.1) is 0 Å². The Morgan fingerprint density at radius 3 is 2.11 bits per heavy atom. The van der Waals surface area contributed by atoms with Crippen molar-refractivity contribution in [1.29, 1.82) is 0 Å². The monoisotopic (exact) mass is 300 g/mol. The van der Waals surface area contributed by atoms with Crippen molar-refractivity contribution >= 4 is 10.4 Å². The van der Waals surface area contributed by atoms with Gasteiger partial charge >= 0.3 is 10.4 Å². The van der Waals surface area contributed by atoms with Crippen LogP contribution in [-0.4, -0.2) is 65.5 Å². The molecule has 0 saturated carbocycles. The fraction of sp³-hybridized carbons (Fsp3) is 1.00. The van der Waals surface area contributed by atoms with Gasteiger partial charge in [0, 0.05) is 27.2 Å². The summed E-state index contributed by atoms with van der Waals surface area (Å²) < 4.78 is 55.4. The fourth-order valence-corrected chi connectivity index (χ4v) is 2.47. The summed E-state index contributed by atoms with van der Waals surface area (Å²) in [5.74, 6) is -0.205. The van der Waals surface area contributed by atoms with Crippen LogP contribution in [0.15, 0.2) is 0 Å². The van der Waals surface area contributed by atoms with E-state index in [-0.39, 0.29) is 18.6 Å². The lowest BCUT2D eigenvalue weighted by molar-refractivity contribution is -0.288. The van der Waals surface area contributed by atoms with Crippen LogP contribution in [0.25, 0.3) is 0 Å². The molecule has 1 aliphatic heterocycles. The second-order valence-corrected chi connectivity index (χ2v) is 5.34. The summed E-state index contributed by atoms with van der Waals surface area (Å²) in [6.07, 6.45) is -2.10. The van der Waals surface area contributed by atoms with E-state index in [4.69, 9.17) is 23.5 Å². The van der Waals surface area contributed by atoms with Gasteiger partial charge in [0.25, 0.3) is 0 Å². The van der Waals surface area contributed by atoms with E-state index in [1.807, 2.05) is 6.92 Å². The fourth-order valence-electron chi connectivity index (χ4n) is 2.17. The van der Waals surface area contributed by atoms with Gasteiger partial charge in [0.1, 0.15) is 6.10 Å². The maximum absolute atomic E-state index is 10.6. The second kappa shape index (κ2) is 6.93. The van der Waals surface area contributed by atoms with E-state index in [0.29, 0.717) is 0 Å². The number of hydrogen-bond acceptors (Lipinski definition) is 7. The van der Waals surface area contributed by atoms with Gasteiger partial charge in [-0.3, -0.25) is 4.55 Å². The highest BCUT2D eigenvalue weighted by Gasteiger charge is 2.45. The van der Waals surface area contributed by atoms with E-state index in [0.717, 1.165) is 0 Å². The molecule has 0 bridgehead atoms. The lowest BCUT2D eigenvalue weighted by atomic mass is 9.90. The van der Waals surface area contributed by atoms with E-state index in [9.17, 15) is 8.42 Å². The Bertz CT molecular complexity index is 370. The molecule has 1 heterocycles. The Morgan fingerprint density at radius 1 is 1.11 bits per heavy atom. The first kappa shape index (κ1) is 16.8. The van der Waals surface area contributed by atoms with E-state index in [1.165, 1.54) is 21.3 Å². The van der Waals surface area contributed by atoms with Crippen LogP contribution in [-0.2, 0) is 33.5 Å². The highest BCUT2D eigenvalue weighted by Crippen LogP contribution is 2.30. The van der Waals surface area contributed by atoms with Crippen LogP contribution in [0.4, 0.5) is 0 Å². The summed E-state index contributed by atoms with van der Waals surface area (Å²) in [6, 6.07) is 0. The van der Waals surface area contributed by atoms with Crippen molar-refractivity contribution in [1.82, 2.24) is 0 Å². The van der Waals surface area contributed by atoms with Gasteiger partial charge in [-0.1, -0.05) is 6.92 Å². The van der Waals surface area contributed by atoms with Crippen LogP contribution in [0.3, 0.4) is 0 Å². The quantitative estimate of drug-likeness (QED) is 0.676. The zero-order valence-electron chi connectivity index (χ0n) is 11.3. The number of methoxy groups -OCH3 is 3. The summed E-state index contributed by atoms with van der Waals surface area (Å²) >= 11 is 0. The molecule has 0 aromatic heterocycles. The van der Waals surface area contributed by atoms with Crippen molar-refractivity contribution in [3.63, 3.8) is 0 Å². The highest BCUT2D eigenvalue weighted by atomic mass is 32.3. The molecule has 1 aliphatic rings. The Balaban J connectivity index is 2.78. The van der Waals surface area contributed by atoms with Crippen LogP contribution >= 0.6 is 0 Å². The SMILES string of the molecule is COC1OC(COS(=O)(=O)O)C(C)C(OC)C1OC. The van der Waals surface area contributed by atoms with Crippen molar-refractivity contribution in [3.05, 3.63) is 0 Å². The van der Waals surface area contributed by atoms with Gasteiger partial charge in [-0.25, -0.2) is 4.18 Å². The molecule has 0 aromatic rings. The zero-order valence-corrected chi connectivity index (χ0v) is 12.1. The summed E-state index contributed by atoms with van der Waals surface area (Å²) in [6.45, 7) is 1.49. The average molecular weight is 300 g/mol. The van der Waals surface area contributed by atoms with Gasteiger partial charge in [0.05, 0.1) is 18.8 Å². The van der Waals surface area contributed by atoms with Crippen LogP contribution in [0.2, 0.25) is 0 Å². The predicted octanol–water partition coefficient (Wildman–Crippen LogP) is -0.157. The van der Waals surface area contributed by atoms with Crippen LogP contribution in [0, 0.1) is 5.92 Å². The minimum Gasteiger partial charge on any atom is -0.378 e. The Morgan fingerprint density at radius 2 is 1.68 bits per heavy atom. The maximum Gasteiger partial charge on any atom is 0.397 e. The third-order valence-electron chi connectivity index (χ3n) is 3.16. The molecule has 1 saturated heterocycles. The summed E-state index contributed by atoms with van der Waals surface area (Å²) in [7, 11) is -0.0353. The molecule has 0 radical (unpaired) electrons. The molecule has 5 atom stereocenters. The smallest absolute Gasteiger partial charge is 0.378 e. The van der Waals surface area contributed by atoms with Crippen LogP contribution in [0.5, 0.6) is 0 Å². The molecule has 1 N–H and O–H groups in total. The summed E-state index contributed by atoms with van der Waals surface area (Å²) in [5, 5.41) is 0. The standard InChI is InChI=1S/C10H20O8S/c1-6-7(5-17-19(11,12)13)18-10(16-4)9(15-3)8(6)14-2/h6-10H,5H2,1-4H3,(H,11,12,13). The van der Waals surface area contributed by atoms with Gasteiger partial charge in [0.2, 0.25) is 0 Å². The van der Waals surface area contributed by atoms with Crippen molar-refractivity contribution < 1.29 is 36.1 Å². The highest BCUT2D eigenvalue weighted by molar-refractivity contribution is 7.80. The Kier molecular flexibility index (Phi) is 6.12. The molecule has 114 valence electrons. The predicted molar refractivity (Wildman–Crippen MR) is 63.9 cm³/mol. The molecule has 8 nitrogen and oxygen atoms in total. The molecular formula is C10H20O8S. The van der Waals surface area contributed by atoms with E-state index < -0.39 is 28.9 Å². The minimum atomic E-state index is -4.51. The molecule has 0 aliphatic carbocycles. The molecule has 0 aromatic carbocycles. The van der Waals surface area contributed by atoms with Gasteiger partial charge in [-0.05, 0) is 0 Å². The van der Waals surface area contributed by atoms with E-state index in [1.54, 1.807) is 0 Å². The third kappa shape index (κ3) is 4.35. The molecule has 5 unspecified atom stereocenters. The first-order valence-electron chi connectivity index (χ1n) is 5.69. The minimum absolute atomic E-state index is 0.205. The van der Waals surface area contributed by atoms with Crippen molar-refractivity contribution in [3.8, 4) is 0 Å². The van der Waals surface area contributed by atoms with Crippen molar-refractivity contribution in [2.75, 3.05) is 27.9 Å². The molecule has 0 spiro atoms. The van der Waals surface area contributed by atoms with E-state index in [2.05, 4.69) is 4.18 Å². The lowest BCUT2D eigenvalue weighted by Gasteiger charge is -2.43. The maximum atomic E-state index is 10.6. The van der Waals surface area contributed by atoms with Crippen LogP contribution in [0.1, 0.15) is 6.92 Å². The first-order valence-corrected chi connectivity index (χ1v) is 7.06. The molecule has 0 amide bonds. The lowest BCUT2D eigenvalue weighted by Crippen LogP contribution is -2.56. The van der Waals surface area contributed by atoms with Gasteiger partial charge in [0.15, 0.2) is 6.29 Å². The number of ether oxygens (including phenoxy) is 4.